The normalized spacial score (nSPS) is 33.1. The van der Waals surface area contributed by atoms with Crippen LogP contribution in [0.15, 0.2) is 24.3 Å². The van der Waals surface area contributed by atoms with Crippen molar-refractivity contribution in [2.75, 3.05) is 13.2 Å². The second-order valence-electron chi connectivity index (χ2n) is 4.52. The monoisotopic (exact) mass is 266 g/mol. The van der Waals surface area contributed by atoms with E-state index >= 15 is 0 Å². The highest BCUT2D eigenvalue weighted by atomic mass is 19.1. The zero-order valence-corrected chi connectivity index (χ0v) is 10.0. The van der Waals surface area contributed by atoms with Crippen LogP contribution in [0.5, 0.6) is 5.75 Å². The average molecular weight is 266 g/mol. The van der Waals surface area contributed by atoms with Gasteiger partial charge in [-0.15, -0.1) is 0 Å². The van der Waals surface area contributed by atoms with Crippen LogP contribution in [-0.2, 0) is 14.3 Å². The second kappa shape index (κ2) is 4.47. The second-order valence-corrected chi connectivity index (χ2v) is 4.52. The summed E-state index contributed by atoms with van der Waals surface area (Å²) in [6.45, 7) is 0.484. The van der Waals surface area contributed by atoms with E-state index in [0.717, 1.165) is 0 Å². The van der Waals surface area contributed by atoms with Gasteiger partial charge in [0.1, 0.15) is 17.7 Å². The number of halogens is 1. The molecule has 19 heavy (non-hydrogen) atoms. The van der Waals surface area contributed by atoms with Crippen molar-refractivity contribution >= 4 is 5.91 Å². The molecule has 6 heteroatoms. The van der Waals surface area contributed by atoms with E-state index in [4.69, 9.17) is 19.9 Å². The van der Waals surface area contributed by atoms with Crippen molar-refractivity contribution < 1.29 is 23.4 Å². The summed E-state index contributed by atoms with van der Waals surface area (Å²) in [6.07, 6.45) is 0.619. The highest BCUT2D eigenvalue weighted by molar-refractivity contribution is 5.86. The van der Waals surface area contributed by atoms with E-state index in [9.17, 15) is 9.18 Å². The van der Waals surface area contributed by atoms with Crippen LogP contribution in [0.1, 0.15) is 0 Å². The first-order valence-corrected chi connectivity index (χ1v) is 5.94. The minimum Gasteiger partial charge on any atom is -0.484 e. The third-order valence-corrected chi connectivity index (χ3v) is 3.44. The third kappa shape index (κ3) is 1.87. The fourth-order valence-electron chi connectivity index (χ4n) is 2.48. The Balaban J connectivity index is 1.84. The fraction of sp³-hybridized carbons (Fsp3) is 0.385. The van der Waals surface area contributed by atoms with Gasteiger partial charge in [0.25, 0.3) is 5.91 Å². The van der Waals surface area contributed by atoms with Gasteiger partial charge in [0.05, 0.1) is 13.2 Å². The number of amides is 1. The quantitative estimate of drug-likeness (QED) is 0.861. The molecule has 0 bridgehead atoms. The number of primary amides is 1. The summed E-state index contributed by atoms with van der Waals surface area (Å²) < 4.78 is 29.5. The summed E-state index contributed by atoms with van der Waals surface area (Å²) in [5.41, 5.74) is 4.15. The van der Waals surface area contributed by atoms with Crippen molar-refractivity contribution in [3.8, 4) is 5.75 Å². The van der Waals surface area contributed by atoms with Crippen LogP contribution in [0, 0.1) is 12.2 Å². The number of ether oxygens (including phenoxy) is 3. The minimum absolute atomic E-state index is 0.196. The van der Waals surface area contributed by atoms with E-state index in [0.29, 0.717) is 5.75 Å². The Labute approximate surface area is 109 Å². The van der Waals surface area contributed by atoms with Crippen molar-refractivity contribution in [3.63, 3.8) is 0 Å². The molecule has 2 aliphatic rings. The molecule has 5 nitrogen and oxygen atoms in total. The lowest BCUT2D eigenvalue weighted by Crippen LogP contribution is -2.57. The van der Waals surface area contributed by atoms with E-state index in [1.165, 1.54) is 24.3 Å². The molecule has 0 unspecified atom stereocenters. The van der Waals surface area contributed by atoms with Gasteiger partial charge in [-0.05, 0) is 24.3 Å². The summed E-state index contributed by atoms with van der Waals surface area (Å²) in [5.74, 6) is -0.536. The first-order chi connectivity index (χ1) is 9.13. The maximum Gasteiger partial charge on any atom is 0.256 e. The average Bonchev–Trinajstić information content (AvgIpc) is 2.93. The van der Waals surface area contributed by atoms with Crippen LogP contribution < -0.4 is 10.5 Å². The number of fused-ring (bicyclic) bond motifs is 1. The first kappa shape index (κ1) is 12.4. The molecule has 1 aromatic carbocycles. The number of benzene rings is 1. The lowest BCUT2D eigenvalue weighted by molar-refractivity contribution is -0.147. The summed E-state index contributed by atoms with van der Waals surface area (Å²) in [4.78, 5) is 11.7. The Kier molecular flexibility index (Phi) is 2.91. The number of nitrogens with two attached hydrogens (primary N) is 1. The van der Waals surface area contributed by atoms with E-state index < -0.39 is 23.7 Å². The molecular formula is C13H13FNO4. The van der Waals surface area contributed by atoms with Crippen molar-refractivity contribution in [2.45, 2.75) is 17.8 Å². The predicted molar refractivity (Wildman–Crippen MR) is 62.7 cm³/mol. The van der Waals surface area contributed by atoms with E-state index in [1.54, 1.807) is 6.42 Å². The topological polar surface area (TPSA) is 70.8 Å². The maximum atomic E-state index is 12.8. The molecule has 2 saturated heterocycles. The summed E-state index contributed by atoms with van der Waals surface area (Å²) in [6, 6.07) is 5.52. The van der Waals surface area contributed by atoms with Gasteiger partial charge in [0.15, 0.2) is 6.10 Å². The molecule has 2 aliphatic heterocycles. The van der Waals surface area contributed by atoms with Crippen molar-refractivity contribution in [1.29, 1.82) is 0 Å². The third-order valence-electron chi connectivity index (χ3n) is 3.44. The smallest absolute Gasteiger partial charge is 0.256 e. The molecule has 3 atom stereocenters. The number of hydrogen-bond acceptors (Lipinski definition) is 4. The number of hydrogen-bond donors (Lipinski definition) is 1. The predicted octanol–water partition coefficient (Wildman–Crippen LogP) is 0.430. The van der Waals surface area contributed by atoms with E-state index in [1.807, 2.05) is 0 Å². The Hall–Kier alpha value is -1.66. The molecule has 1 amide bonds. The van der Waals surface area contributed by atoms with Gasteiger partial charge in [-0.1, -0.05) is 0 Å². The summed E-state index contributed by atoms with van der Waals surface area (Å²) in [5, 5.41) is 0. The van der Waals surface area contributed by atoms with Crippen molar-refractivity contribution in [2.24, 2.45) is 5.73 Å². The molecule has 0 aromatic heterocycles. The van der Waals surface area contributed by atoms with Crippen LogP contribution >= 0.6 is 0 Å². The molecule has 2 heterocycles. The zero-order chi connectivity index (χ0) is 13.5. The standard InChI is InChI=1S/C13H13FNO4/c14-8-1-3-9(4-2-8)19-11-7-17-10-5-6-18-13(10,11)12(15)16/h1-5,10-11H,6-7H2,(H2,15,16)/t10-,11+,13+/m1/s1. The van der Waals surface area contributed by atoms with Gasteiger partial charge in [-0.3, -0.25) is 4.79 Å². The van der Waals surface area contributed by atoms with E-state index in [2.05, 4.69) is 0 Å². The number of carbonyl (C=O) groups excluding carboxylic acids is 1. The number of carbonyl (C=O) groups is 1. The van der Waals surface area contributed by atoms with Gasteiger partial charge < -0.3 is 19.9 Å². The van der Waals surface area contributed by atoms with Crippen molar-refractivity contribution in [3.05, 3.63) is 36.5 Å². The van der Waals surface area contributed by atoms with Gasteiger partial charge in [0.2, 0.25) is 5.60 Å². The zero-order valence-electron chi connectivity index (χ0n) is 10.0. The fourth-order valence-corrected chi connectivity index (χ4v) is 2.48. The van der Waals surface area contributed by atoms with Crippen molar-refractivity contribution in [1.82, 2.24) is 0 Å². The first-order valence-electron chi connectivity index (χ1n) is 5.94. The summed E-state index contributed by atoms with van der Waals surface area (Å²) in [7, 11) is 0. The molecule has 0 aliphatic carbocycles. The molecule has 1 radical (unpaired) electrons. The van der Waals surface area contributed by atoms with Crippen LogP contribution in [0.3, 0.4) is 0 Å². The maximum absolute atomic E-state index is 12.8. The Morgan fingerprint density at radius 3 is 2.84 bits per heavy atom. The molecular weight excluding hydrogens is 253 g/mol. The molecule has 2 N–H and O–H groups in total. The minimum atomic E-state index is -1.28. The van der Waals surface area contributed by atoms with E-state index in [-0.39, 0.29) is 19.0 Å². The highest BCUT2D eigenvalue weighted by Crippen LogP contribution is 2.38. The molecule has 101 valence electrons. The van der Waals surface area contributed by atoms with Gasteiger partial charge in [0, 0.05) is 6.42 Å². The largest absolute Gasteiger partial charge is 0.484 e. The van der Waals surface area contributed by atoms with Crippen LogP contribution in [0.4, 0.5) is 4.39 Å². The SMILES string of the molecule is NC(=O)[C@]12OC[CH][C@H]1OC[C@@H]2Oc1ccc(F)cc1. The molecule has 0 spiro atoms. The van der Waals surface area contributed by atoms with Crippen LogP contribution in [-0.4, -0.2) is 36.9 Å². The van der Waals surface area contributed by atoms with Gasteiger partial charge in [-0.2, -0.15) is 0 Å². The van der Waals surface area contributed by atoms with Crippen LogP contribution in [0.2, 0.25) is 0 Å². The molecule has 3 rings (SSSR count). The lowest BCUT2D eigenvalue weighted by atomic mass is 9.92. The highest BCUT2D eigenvalue weighted by Gasteiger charge is 2.62. The lowest BCUT2D eigenvalue weighted by Gasteiger charge is -2.29. The Morgan fingerprint density at radius 2 is 2.16 bits per heavy atom. The Bertz CT molecular complexity index is 492. The summed E-state index contributed by atoms with van der Waals surface area (Å²) >= 11 is 0. The van der Waals surface area contributed by atoms with Crippen LogP contribution in [0.25, 0.3) is 0 Å². The van der Waals surface area contributed by atoms with Gasteiger partial charge in [-0.25, -0.2) is 4.39 Å². The Morgan fingerprint density at radius 1 is 1.42 bits per heavy atom. The molecule has 2 fully saturated rings. The van der Waals surface area contributed by atoms with Gasteiger partial charge >= 0.3 is 0 Å². The molecule has 1 aromatic rings. The molecule has 0 saturated carbocycles. The number of rotatable bonds is 3.